The molecule has 1 saturated heterocycles. The highest BCUT2D eigenvalue weighted by Crippen LogP contribution is 2.62. The van der Waals surface area contributed by atoms with Crippen molar-refractivity contribution in [3.63, 3.8) is 0 Å². The SMILES string of the molecule is CC1=CC[C@H](O)C(C(=O)O)=C[C@@H]2[C@@H](CC[C@@]3(C)O[C@@H]3CC1)C2(C)C. The largest absolute Gasteiger partial charge is 0.478 e. The summed E-state index contributed by atoms with van der Waals surface area (Å²) in [5.74, 6) is -0.298. The fraction of sp³-hybridized carbons (Fsp3) is 0.750. The number of rotatable bonds is 1. The Morgan fingerprint density at radius 3 is 2.67 bits per heavy atom. The van der Waals surface area contributed by atoms with Crippen LogP contribution < -0.4 is 0 Å². The second kappa shape index (κ2) is 5.99. The quantitative estimate of drug-likeness (QED) is 0.567. The van der Waals surface area contributed by atoms with Crippen molar-refractivity contribution in [2.75, 3.05) is 0 Å². The molecule has 0 radical (unpaired) electrons. The number of carboxylic acids is 1. The van der Waals surface area contributed by atoms with Gasteiger partial charge in [0, 0.05) is 0 Å². The molecule has 4 nitrogen and oxygen atoms in total. The molecule has 0 aromatic heterocycles. The third-order valence-corrected chi connectivity index (χ3v) is 6.58. The molecular weight excluding hydrogens is 304 g/mol. The Labute approximate surface area is 144 Å². The molecular formula is C20H30O4. The summed E-state index contributed by atoms with van der Waals surface area (Å²) in [6, 6.07) is 0. The van der Waals surface area contributed by atoms with Gasteiger partial charge in [-0.2, -0.15) is 0 Å². The Morgan fingerprint density at radius 1 is 1.29 bits per heavy atom. The van der Waals surface area contributed by atoms with E-state index in [4.69, 9.17) is 4.74 Å². The molecule has 4 heteroatoms. The normalized spacial score (nSPS) is 41.9. The number of fused-ring (bicyclic) bond motifs is 2. The molecule has 2 fully saturated rings. The van der Waals surface area contributed by atoms with Crippen molar-refractivity contribution in [1.82, 2.24) is 0 Å². The second-order valence-electron chi connectivity index (χ2n) is 8.68. The number of aliphatic hydroxyl groups is 1. The number of aliphatic carboxylic acids is 1. The molecule has 3 aliphatic rings. The van der Waals surface area contributed by atoms with Gasteiger partial charge in [0.05, 0.1) is 23.4 Å². The van der Waals surface area contributed by atoms with Gasteiger partial charge in [-0.15, -0.1) is 0 Å². The summed E-state index contributed by atoms with van der Waals surface area (Å²) in [5, 5.41) is 19.9. The topological polar surface area (TPSA) is 70.1 Å². The Morgan fingerprint density at radius 2 is 2.00 bits per heavy atom. The molecule has 0 bridgehead atoms. The molecule has 0 unspecified atom stereocenters. The Hall–Kier alpha value is -1.13. The van der Waals surface area contributed by atoms with Gasteiger partial charge in [0.25, 0.3) is 0 Å². The van der Waals surface area contributed by atoms with Crippen LogP contribution in [0.15, 0.2) is 23.3 Å². The highest BCUT2D eigenvalue weighted by molar-refractivity contribution is 5.87. The lowest BCUT2D eigenvalue weighted by molar-refractivity contribution is -0.133. The number of carbonyl (C=O) groups is 1. The standard InChI is InChI=1S/C20H30O4/c1-12-5-7-16(21)13(18(22)23)11-15-14(19(15,2)3)9-10-20(4)17(24-20)8-6-12/h5,11,14-17,21H,6-10H2,1-4H3,(H,22,23)/t14-,15-,16+,17-,20-/m1/s1. The average Bonchev–Trinajstić information content (AvgIpc) is 3.30. The number of aliphatic hydroxyl groups excluding tert-OH is 1. The minimum absolute atomic E-state index is 0.00642. The Kier molecular flexibility index (Phi) is 4.42. The Bertz CT molecular complexity index is 588. The van der Waals surface area contributed by atoms with Gasteiger partial charge in [-0.05, 0) is 63.2 Å². The number of carboxylic acid groups (broad SMARTS) is 1. The van der Waals surface area contributed by atoms with Crippen molar-refractivity contribution in [2.24, 2.45) is 17.3 Å². The van der Waals surface area contributed by atoms with E-state index in [2.05, 4.69) is 20.8 Å². The molecule has 2 aliphatic carbocycles. The first-order chi connectivity index (χ1) is 11.1. The molecule has 0 aromatic carbocycles. The summed E-state index contributed by atoms with van der Waals surface area (Å²) in [6.45, 7) is 8.64. The van der Waals surface area contributed by atoms with Crippen LogP contribution in [0.5, 0.6) is 0 Å². The summed E-state index contributed by atoms with van der Waals surface area (Å²) in [7, 11) is 0. The van der Waals surface area contributed by atoms with E-state index in [1.165, 1.54) is 5.57 Å². The van der Waals surface area contributed by atoms with Crippen LogP contribution in [-0.4, -0.2) is 34.0 Å². The lowest BCUT2D eigenvalue weighted by atomic mass is 9.93. The van der Waals surface area contributed by atoms with Crippen LogP contribution in [0, 0.1) is 17.3 Å². The highest BCUT2D eigenvalue weighted by atomic mass is 16.6. The fourth-order valence-corrected chi connectivity index (χ4v) is 4.41. The Balaban J connectivity index is 1.84. The highest BCUT2D eigenvalue weighted by Gasteiger charge is 2.58. The first-order valence-electron chi connectivity index (χ1n) is 9.11. The molecule has 1 heterocycles. The molecule has 0 spiro atoms. The molecule has 24 heavy (non-hydrogen) atoms. The van der Waals surface area contributed by atoms with Crippen molar-refractivity contribution in [3.05, 3.63) is 23.3 Å². The molecule has 1 saturated carbocycles. The summed E-state index contributed by atoms with van der Waals surface area (Å²) in [6.07, 6.45) is 7.61. The monoisotopic (exact) mass is 334 g/mol. The predicted molar refractivity (Wildman–Crippen MR) is 92.6 cm³/mol. The van der Waals surface area contributed by atoms with Crippen LogP contribution in [0.2, 0.25) is 0 Å². The molecule has 1 aliphatic heterocycles. The molecule has 0 amide bonds. The minimum Gasteiger partial charge on any atom is -0.478 e. The van der Waals surface area contributed by atoms with Gasteiger partial charge >= 0.3 is 5.97 Å². The number of ether oxygens (including phenoxy) is 1. The van der Waals surface area contributed by atoms with Crippen molar-refractivity contribution in [3.8, 4) is 0 Å². The van der Waals surface area contributed by atoms with Gasteiger partial charge < -0.3 is 14.9 Å². The van der Waals surface area contributed by atoms with Crippen molar-refractivity contribution >= 4 is 5.97 Å². The van der Waals surface area contributed by atoms with E-state index in [1.807, 2.05) is 19.1 Å². The maximum absolute atomic E-state index is 11.6. The molecule has 2 N–H and O–H groups in total. The lowest BCUT2D eigenvalue weighted by Crippen LogP contribution is -2.18. The number of hydrogen-bond donors (Lipinski definition) is 2. The molecule has 3 rings (SSSR count). The van der Waals surface area contributed by atoms with Crippen molar-refractivity contribution in [2.45, 2.75) is 77.6 Å². The van der Waals surface area contributed by atoms with Gasteiger partial charge in [-0.3, -0.25) is 0 Å². The zero-order chi connectivity index (χ0) is 17.7. The smallest absolute Gasteiger partial charge is 0.333 e. The van der Waals surface area contributed by atoms with E-state index in [-0.39, 0.29) is 22.5 Å². The maximum Gasteiger partial charge on any atom is 0.333 e. The third-order valence-electron chi connectivity index (χ3n) is 6.58. The van der Waals surface area contributed by atoms with Gasteiger partial charge in [0.1, 0.15) is 0 Å². The van der Waals surface area contributed by atoms with Gasteiger partial charge in [-0.1, -0.05) is 31.6 Å². The predicted octanol–water partition coefficient (Wildman–Crippen LogP) is 3.70. The summed E-state index contributed by atoms with van der Waals surface area (Å²) in [5.41, 5.74) is 1.46. The van der Waals surface area contributed by atoms with Crippen LogP contribution in [0.3, 0.4) is 0 Å². The second-order valence-corrected chi connectivity index (χ2v) is 8.68. The summed E-state index contributed by atoms with van der Waals surface area (Å²) in [4.78, 5) is 11.6. The number of epoxide rings is 1. The van der Waals surface area contributed by atoms with Crippen LogP contribution in [0.4, 0.5) is 0 Å². The van der Waals surface area contributed by atoms with Crippen LogP contribution in [-0.2, 0) is 9.53 Å². The van der Waals surface area contributed by atoms with Crippen molar-refractivity contribution < 1.29 is 19.7 Å². The van der Waals surface area contributed by atoms with E-state index >= 15 is 0 Å². The zero-order valence-corrected chi connectivity index (χ0v) is 15.2. The molecule has 134 valence electrons. The van der Waals surface area contributed by atoms with E-state index < -0.39 is 12.1 Å². The van der Waals surface area contributed by atoms with E-state index in [0.29, 0.717) is 18.4 Å². The van der Waals surface area contributed by atoms with E-state index in [0.717, 1.165) is 25.7 Å². The van der Waals surface area contributed by atoms with E-state index in [1.54, 1.807) is 0 Å². The van der Waals surface area contributed by atoms with Crippen LogP contribution in [0.1, 0.15) is 59.8 Å². The van der Waals surface area contributed by atoms with Gasteiger partial charge in [0.2, 0.25) is 0 Å². The van der Waals surface area contributed by atoms with Gasteiger partial charge in [0.15, 0.2) is 0 Å². The van der Waals surface area contributed by atoms with Gasteiger partial charge in [-0.25, -0.2) is 4.79 Å². The van der Waals surface area contributed by atoms with Crippen molar-refractivity contribution in [1.29, 1.82) is 0 Å². The summed E-state index contributed by atoms with van der Waals surface area (Å²) < 4.78 is 5.96. The van der Waals surface area contributed by atoms with Crippen LogP contribution in [0.25, 0.3) is 0 Å². The lowest BCUT2D eigenvalue weighted by Gasteiger charge is -2.11. The number of hydrogen-bond acceptors (Lipinski definition) is 3. The fourth-order valence-electron chi connectivity index (χ4n) is 4.41. The first kappa shape index (κ1) is 17.7. The number of allylic oxidation sites excluding steroid dienone is 2. The van der Waals surface area contributed by atoms with E-state index in [9.17, 15) is 15.0 Å². The average molecular weight is 334 g/mol. The summed E-state index contributed by atoms with van der Waals surface area (Å²) >= 11 is 0. The zero-order valence-electron chi connectivity index (χ0n) is 15.2. The maximum atomic E-state index is 11.6. The van der Waals surface area contributed by atoms with Crippen LogP contribution >= 0.6 is 0 Å². The minimum atomic E-state index is -1.00. The first-order valence-corrected chi connectivity index (χ1v) is 9.11. The molecule has 5 atom stereocenters. The third kappa shape index (κ3) is 3.31. The molecule has 0 aromatic rings.